The van der Waals surface area contributed by atoms with Crippen molar-refractivity contribution in [1.82, 2.24) is 4.90 Å². The molecular formula is C15H17NO5. The van der Waals surface area contributed by atoms with Crippen molar-refractivity contribution >= 4 is 17.8 Å². The Balaban J connectivity index is 1.54. The Morgan fingerprint density at radius 3 is 2.38 bits per heavy atom. The van der Waals surface area contributed by atoms with E-state index in [1.54, 1.807) is 6.92 Å². The number of amides is 2. The van der Waals surface area contributed by atoms with E-state index in [0.29, 0.717) is 12.0 Å². The molecule has 0 saturated carbocycles. The van der Waals surface area contributed by atoms with E-state index < -0.39 is 5.97 Å². The van der Waals surface area contributed by atoms with Gasteiger partial charge in [-0.05, 0) is 13.3 Å². The van der Waals surface area contributed by atoms with Gasteiger partial charge >= 0.3 is 5.97 Å². The standard InChI is InChI=1S/C15H17NO5/c1-8(2)15(19)20-7-3-6-16-13(17)11-9-4-5-10(21-9)12(11)14(16)18/h4-5,9-12H,1,3,6-7H2,2H3/t9-,10+,11-,12+. The molecule has 112 valence electrons. The Labute approximate surface area is 122 Å². The quantitative estimate of drug-likeness (QED) is 0.241. The molecule has 6 nitrogen and oxygen atoms in total. The molecule has 21 heavy (non-hydrogen) atoms. The number of nitrogens with zero attached hydrogens (tertiary/aromatic N) is 1. The van der Waals surface area contributed by atoms with Crippen molar-refractivity contribution in [3.63, 3.8) is 0 Å². The SMILES string of the molecule is C=C(C)C(=O)OCCCN1C(=O)[C@@H]2[C@H](C1=O)[C@H]1C=C[C@@H]2O1. The van der Waals surface area contributed by atoms with Gasteiger partial charge < -0.3 is 9.47 Å². The first-order valence-electron chi connectivity index (χ1n) is 7.02. The second-order valence-corrected chi connectivity index (χ2v) is 5.60. The number of fused-ring (bicyclic) bond motifs is 5. The summed E-state index contributed by atoms with van der Waals surface area (Å²) in [5, 5.41) is 0. The van der Waals surface area contributed by atoms with Crippen molar-refractivity contribution in [3.8, 4) is 0 Å². The maximum Gasteiger partial charge on any atom is 0.333 e. The fourth-order valence-electron chi connectivity index (χ4n) is 3.10. The van der Waals surface area contributed by atoms with Crippen LogP contribution in [-0.4, -0.2) is 48.0 Å². The van der Waals surface area contributed by atoms with Crippen LogP contribution in [0.15, 0.2) is 24.3 Å². The van der Waals surface area contributed by atoms with Gasteiger partial charge in [0.15, 0.2) is 0 Å². The Bertz CT molecular complexity index is 522. The van der Waals surface area contributed by atoms with E-state index >= 15 is 0 Å². The second kappa shape index (κ2) is 5.11. The predicted molar refractivity (Wildman–Crippen MR) is 71.9 cm³/mol. The Morgan fingerprint density at radius 1 is 1.29 bits per heavy atom. The Hall–Kier alpha value is -1.95. The zero-order valence-corrected chi connectivity index (χ0v) is 11.8. The summed E-state index contributed by atoms with van der Waals surface area (Å²) in [4.78, 5) is 37.1. The maximum atomic E-state index is 12.3. The smallest absolute Gasteiger partial charge is 0.333 e. The van der Waals surface area contributed by atoms with Crippen LogP contribution < -0.4 is 0 Å². The van der Waals surface area contributed by atoms with E-state index in [9.17, 15) is 14.4 Å². The Morgan fingerprint density at radius 2 is 1.86 bits per heavy atom. The van der Waals surface area contributed by atoms with Gasteiger partial charge in [-0.25, -0.2) is 4.79 Å². The van der Waals surface area contributed by atoms with E-state index in [1.807, 2.05) is 12.2 Å². The first-order chi connectivity index (χ1) is 10.0. The number of carbonyl (C=O) groups is 3. The number of carbonyl (C=O) groups excluding carboxylic acids is 3. The van der Waals surface area contributed by atoms with E-state index in [-0.39, 0.29) is 49.0 Å². The number of esters is 1. The molecule has 0 aliphatic carbocycles. The topological polar surface area (TPSA) is 72.9 Å². The van der Waals surface area contributed by atoms with Crippen LogP contribution in [0.3, 0.4) is 0 Å². The summed E-state index contributed by atoms with van der Waals surface area (Å²) >= 11 is 0. The molecule has 6 heteroatoms. The molecule has 2 amide bonds. The molecular weight excluding hydrogens is 274 g/mol. The van der Waals surface area contributed by atoms with E-state index in [0.717, 1.165) is 0 Å². The molecule has 0 N–H and O–H groups in total. The zero-order chi connectivity index (χ0) is 15.1. The Kier molecular flexibility index (Phi) is 3.41. The lowest BCUT2D eigenvalue weighted by molar-refractivity contribution is -0.142. The molecule has 2 bridgehead atoms. The van der Waals surface area contributed by atoms with E-state index in [1.165, 1.54) is 4.90 Å². The van der Waals surface area contributed by atoms with Crippen LogP contribution in [0.1, 0.15) is 13.3 Å². The third-order valence-electron chi connectivity index (χ3n) is 4.11. The molecule has 0 aromatic carbocycles. The molecule has 2 fully saturated rings. The van der Waals surface area contributed by atoms with Gasteiger partial charge in [0, 0.05) is 12.1 Å². The van der Waals surface area contributed by atoms with Gasteiger partial charge in [0.2, 0.25) is 11.8 Å². The summed E-state index contributed by atoms with van der Waals surface area (Å²) in [5.74, 6) is -1.54. The van der Waals surface area contributed by atoms with Gasteiger partial charge in [-0.2, -0.15) is 0 Å². The lowest BCUT2D eigenvalue weighted by Crippen LogP contribution is -2.35. The molecule has 0 spiro atoms. The molecule has 3 heterocycles. The highest BCUT2D eigenvalue weighted by molar-refractivity contribution is 6.06. The summed E-state index contributed by atoms with van der Waals surface area (Å²) in [6, 6.07) is 0. The minimum Gasteiger partial charge on any atom is -0.462 e. The highest BCUT2D eigenvalue weighted by Crippen LogP contribution is 2.44. The average molecular weight is 291 g/mol. The number of rotatable bonds is 5. The van der Waals surface area contributed by atoms with Crippen molar-refractivity contribution in [2.24, 2.45) is 11.8 Å². The largest absolute Gasteiger partial charge is 0.462 e. The predicted octanol–water partition coefficient (Wildman–Crippen LogP) is 0.434. The normalized spacial score (nSPS) is 32.7. The fourth-order valence-corrected chi connectivity index (χ4v) is 3.10. The fraction of sp³-hybridized carbons (Fsp3) is 0.533. The highest BCUT2D eigenvalue weighted by Gasteiger charge is 2.60. The minimum absolute atomic E-state index is 0.166. The van der Waals surface area contributed by atoms with Gasteiger partial charge in [-0.1, -0.05) is 18.7 Å². The molecule has 0 unspecified atom stereocenters. The van der Waals surface area contributed by atoms with Gasteiger partial charge in [-0.15, -0.1) is 0 Å². The molecule has 0 aromatic rings. The number of hydrogen-bond donors (Lipinski definition) is 0. The first kappa shape index (κ1) is 14.0. The van der Waals surface area contributed by atoms with Crippen LogP contribution in [0, 0.1) is 11.8 Å². The molecule has 0 aromatic heterocycles. The molecule has 3 aliphatic rings. The highest BCUT2D eigenvalue weighted by atomic mass is 16.5. The minimum atomic E-state index is -0.457. The summed E-state index contributed by atoms with van der Waals surface area (Å²) in [6.45, 7) is 5.49. The second-order valence-electron chi connectivity index (χ2n) is 5.60. The molecule has 3 aliphatic heterocycles. The zero-order valence-electron chi connectivity index (χ0n) is 11.8. The van der Waals surface area contributed by atoms with Gasteiger partial charge in [0.1, 0.15) is 0 Å². The third-order valence-corrected chi connectivity index (χ3v) is 4.11. The lowest BCUT2D eigenvalue weighted by Gasteiger charge is -2.17. The van der Waals surface area contributed by atoms with Crippen LogP contribution in [0.4, 0.5) is 0 Å². The van der Waals surface area contributed by atoms with Crippen LogP contribution in [0.25, 0.3) is 0 Å². The van der Waals surface area contributed by atoms with Gasteiger partial charge in [0.05, 0.1) is 30.7 Å². The first-order valence-corrected chi connectivity index (χ1v) is 7.02. The number of likely N-dealkylation sites (tertiary alicyclic amines) is 1. The van der Waals surface area contributed by atoms with Gasteiger partial charge in [0.25, 0.3) is 0 Å². The van der Waals surface area contributed by atoms with Crippen LogP contribution in [-0.2, 0) is 23.9 Å². The van der Waals surface area contributed by atoms with E-state index in [2.05, 4.69) is 6.58 Å². The van der Waals surface area contributed by atoms with Crippen molar-refractivity contribution in [2.75, 3.05) is 13.2 Å². The van der Waals surface area contributed by atoms with Crippen molar-refractivity contribution < 1.29 is 23.9 Å². The molecule has 3 rings (SSSR count). The van der Waals surface area contributed by atoms with Crippen molar-refractivity contribution in [1.29, 1.82) is 0 Å². The molecule has 2 saturated heterocycles. The third kappa shape index (κ3) is 2.19. The maximum absolute atomic E-state index is 12.3. The summed E-state index contributed by atoms with van der Waals surface area (Å²) in [7, 11) is 0. The summed E-state index contributed by atoms with van der Waals surface area (Å²) < 4.78 is 10.5. The van der Waals surface area contributed by atoms with E-state index in [4.69, 9.17) is 9.47 Å². The van der Waals surface area contributed by atoms with Crippen LogP contribution in [0.5, 0.6) is 0 Å². The molecule has 4 atom stereocenters. The molecule has 0 radical (unpaired) electrons. The summed E-state index contributed by atoms with van der Waals surface area (Å²) in [5.41, 5.74) is 0.331. The van der Waals surface area contributed by atoms with Gasteiger partial charge in [-0.3, -0.25) is 14.5 Å². The van der Waals surface area contributed by atoms with Crippen molar-refractivity contribution in [3.05, 3.63) is 24.3 Å². The van der Waals surface area contributed by atoms with Crippen LogP contribution >= 0.6 is 0 Å². The summed E-state index contributed by atoms with van der Waals surface area (Å²) in [6.07, 6.45) is 3.62. The van der Waals surface area contributed by atoms with Crippen molar-refractivity contribution in [2.45, 2.75) is 25.6 Å². The average Bonchev–Trinajstić information content (AvgIpc) is 3.11. The van der Waals surface area contributed by atoms with Crippen LogP contribution in [0.2, 0.25) is 0 Å². The lowest BCUT2D eigenvalue weighted by atomic mass is 9.85. The number of hydrogen-bond acceptors (Lipinski definition) is 5. The monoisotopic (exact) mass is 291 g/mol. The number of ether oxygens (including phenoxy) is 2. The number of imide groups is 1.